The monoisotopic (exact) mass is 348 g/mol. The standard InChI is InChI=1S/C13H8BrCl3/c14-7-8-2-1-3-11(13(8)17)10-5-4-9(15)6-12(10)16/h1-6H,7H2. The minimum atomic E-state index is 0.603. The van der Waals surface area contributed by atoms with E-state index in [4.69, 9.17) is 34.8 Å². The van der Waals surface area contributed by atoms with Gasteiger partial charge in [-0.3, -0.25) is 0 Å². The number of rotatable bonds is 2. The van der Waals surface area contributed by atoms with E-state index < -0.39 is 0 Å². The maximum Gasteiger partial charge on any atom is 0.0525 e. The largest absolute Gasteiger partial charge is 0.0876 e. The summed E-state index contributed by atoms with van der Waals surface area (Å²) in [6.07, 6.45) is 0. The molecule has 0 atom stereocenters. The van der Waals surface area contributed by atoms with Crippen molar-refractivity contribution in [2.45, 2.75) is 5.33 Å². The lowest BCUT2D eigenvalue weighted by molar-refractivity contribution is 1.43. The van der Waals surface area contributed by atoms with Crippen LogP contribution >= 0.6 is 50.7 Å². The molecule has 17 heavy (non-hydrogen) atoms. The van der Waals surface area contributed by atoms with Gasteiger partial charge in [0.1, 0.15) is 0 Å². The minimum Gasteiger partial charge on any atom is -0.0876 e. The summed E-state index contributed by atoms with van der Waals surface area (Å²) >= 11 is 21.8. The number of halogens is 4. The van der Waals surface area contributed by atoms with Gasteiger partial charge in [-0.15, -0.1) is 0 Å². The van der Waals surface area contributed by atoms with Crippen LogP contribution in [0.15, 0.2) is 36.4 Å². The van der Waals surface area contributed by atoms with Crippen molar-refractivity contribution >= 4 is 50.7 Å². The molecule has 88 valence electrons. The summed E-state index contributed by atoms with van der Waals surface area (Å²) in [5, 5.41) is 2.65. The van der Waals surface area contributed by atoms with Gasteiger partial charge in [-0.2, -0.15) is 0 Å². The Labute approximate surface area is 124 Å². The molecule has 0 radical (unpaired) electrons. The lowest BCUT2D eigenvalue weighted by atomic mass is 10.0. The highest BCUT2D eigenvalue weighted by atomic mass is 79.9. The summed E-state index contributed by atoms with van der Waals surface area (Å²) in [7, 11) is 0. The quantitative estimate of drug-likeness (QED) is 0.565. The van der Waals surface area contributed by atoms with E-state index >= 15 is 0 Å². The summed E-state index contributed by atoms with van der Waals surface area (Å²) in [6.45, 7) is 0. The first-order valence-corrected chi connectivity index (χ1v) is 7.18. The zero-order chi connectivity index (χ0) is 12.4. The molecule has 2 aromatic carbocycles. The number of hydrogen-bond acceptors (Lipinski definition) is 0. The van der Waals surface area contributed by atoms with Crippen LogP contribution < -0.4 is 0 Å². The molecule has 0 fully saturated rings. The van der Waals surface area contributed by atoms with Crippen LogP contribution in [0.5, 0.6) is 0 Å². The van der Waals surface area contributed by atoms with Gasteiger partial charge < -0.3 is 0 Å². The Morgan fingerprint density at radius 2 is 1.71 bits per heavy atom. The molecule has 0 bridgehead atoms. The zero-order valence-corrected chi connectivity index (χ0v) is 12.5. The second-order valence-corrected chi connectivity index (χ2v) is 5.32. The first-order valence-electron chi connectivity index (χ1n) is 4.92. The van der Waals surface area contributed by atoms with Crippen molar-refractivity contribution in [1.82, 2.24) is 0 Å². The van der Waals surface area contributed by atoms with E-state index in [9.17, 15) is 0 Å². The Hall–Kier alpha value is -0.210. The van der Waals surface area contributed by atoms with E-state index in [0.717, 1.165) is 16.7 Å². The molecule has 2 aromatic rings. The highest BCUT2D eigenvalue weighted by Crippen LogP contribution is 2.36. The predicted octanol–water partition coefficient (Wildman–Crippen LogP) is 6.21. The number of benzene rings is 2. The lowest BCUT2D eigenvalue weighted by Crippen LogP contribution is -1.86. The van der Waals surface area contributed by atoms with E-state index in [1.165, 1.54) is 0 Å². The first-order chi connectivity index (χ1) is 8.13. The van der Waals surface area contributed by atoms with E-state index in [1.807, 2.05) is 24.3 Å². The van der Waals surface area contributed by atoms with Gasteiger partial charge >= 0.3 is 0 Å². The second kappa shape index (κ2) is 5.62. The van der Waals surface area contributed by atoms with E-state index in [0.29, 0.717) is 20.4 Å². The molecule has 0 heterocycles. The Balaban J connectivity index is 2.60. The molecular weight excluding hydrogens is 342 g/mol. The van der Waals surface area contributed by atoms with Gasteiger partial charge in [0.2, 0.25) is 0 Å². The summed E-state index contributed by atoms with van der Waals surface area (Å²) in [4.78, 5) is 0. The summed E-state index contributed by atoms with van der Waals surface area (Å²) in [5.74, 6) is 0. The predicted molar refractivity (Wildman–Crippen MR) is 79.5 cm³/mol. The average molecular weight is 350 g/mol. The fraction of sp³-hybridized carbons (Fsp3) is 0.0769. The second-order valence-electron chi connectivity index (χ2n) is 3.54. The smallest absolute Gasteiger partial charge is 0.0525 e. The van der Waals surface area contributed by atoms with Crippen LogP contribution in [0.1, 0.15) is 5.56 Å². The maximum absolute atomic E-state index is 6.33. The molecule has 0 aliphatic carbocycles. The van der Waals surface area contributed by atoms with E-state index in [2.05, 4.69) is 15.9 Å². The average Bonchev–Trinajstić information content (AvgIpc) is 2.30. The van der Waals surface area contributed by atoms with E-state index in [-0.39, 0.29) is 0 Å². The number of alkyl halides is 1. The first kappa shape index (κ1) is 13.2. The lowest BCUT2D eigenvalue weighted by Gasteiger charge is -2.09. The van der Waals surface area contributed by atoms with Gasteiger partial charge in [-0.25, -0.2) is 0 Å². The van der Waals surface area contributed by atoms with Crippen LogP contribution in [0, 0.1) is 0 Å². The molecule has 0 unspecified atom stereocenters. The van der Waals surface area contributed by atoms with Crippen molar-refractivity contribution in [2.24, 2.45) is 0 Å². The molecule has 0 saturated heterocycles. The summed E-state index contributed by atoms with van der Waals surface area (Å²) in [6, 6.07) is 11.3. The summed E-state index contributed by atoms with van der Waals surface area (Å²) in [5.41, 5.74) is 2.85. The maximum atomic E-state index is 6.33. The van der Waals surface area contributed by atoms with Gasteiger partial charge in [0.05, 0.1) is 5.02 Å². The van der Waals surface area contributed by atoms with Gasteiger partial charge in [-0.05, 0) is 17.7 Å². The third-order valence-corrected chi connectivity index (χ3v) is 4.04. The van der Waals surface area contributed by atoms with Crippen molar-refractivity contribution in [2.75, 3.05) is 0 Å². The number of hydrogen-bond donors (Lipinski definition) is 0. The molecule has 0 nitrogen and oxygen atoms in total. The molecule has 0 N–H and O–H groups in total. The Bertz CT molecular complexity index is 552. The van der Waals surface area contributed by atoms with Gasteiger partial charge in [0.25, 0.3) is 0 Å². The highest BCUT2D eigenvalue weighted by Gasteiger charge is 2.10. The minimum absolute atomic E-state index is 0.603. The Kier molecular flexibility index (Phi) is 4.37. The normalized spacial score (nSPS) is 10.6. The molecule has 0 aliphatic rings. The molecule has 0 aliphatic heterocycles. The molecule has 4 heteroatoms. The van der Waals surface area contributed by atoms with E-state index in [1.54, 1.807) is 12.1 Å². The molecule has 0 amide bonds. The van der Waals surface area contributed by atoms with Crippen molar-refractivity contribution in [1.29, 1.82) is 0 Å². The molecular formula is C13H8BrCl3. The van der Waals surface area contributed by atoms with Crippen molar-refractivity contribution in [3.63, 3.8) is 0 Å². The van der Waals surface area contributed by atoms with Crippen LogP contribution in [-0.4, -0.2) is 0 Å². The van der Waals surface area contributed by atoms with Crippen LogP contribution in [0.25, 0.3) is 11.1 Å². The Morgan fingerprint density at radius 1 is 0.941 bits per heavy atom. The van der Waals surface area contributed by atoms with Gasteiger partial charge in [-0.1, -0.05) is 75.0 Å². The van der Waals surface area contributed by atoms with Gasteiger partial charge in [0, 0.05) is 26.5 Å². The van der Waals surface area contributed by atoms with Gasteiger partial charge in [0.15, 0.2) is 0 Å². The Morgan fingerprint density at radius 3 is 2.35 bits per heavy atom. The fourth-order valence-electron chi connectivity index (χ4n) is 1.60. The van der Waals surface area contributed by atoms with Crippen molar-refractivity contribution in [3.05, 3.63) is 57.0 Å². The molecule has 2 rings (SSSR count). The van der Waals surface area contributed by atoms with Crippen molar-refractivity contribution in [3.8, 4) is 11.1 Å². The topological polar surface area (TPSA) is 0 Å². The van der Waals surface area contributed by atoms with Crippen LogP contribution in [0.2, 0.25) is 15.1 Å². The van der Waals surface area contributed by atoms with Crippen molar-refractivity contribution < 1.29 is 0 Å². The molecule has 0 spiro atoms. The summed E-state index contributed by atoms with van der Waals surface area (Å²) < 4.78 is 0. The zero-order valence-electron chi connectivity index (χ0n) is 8.68. The fourth-order valence-corrected chi connectivity index (χ4v) is 3.03. The highest BCUT2D eigenvalue weighted by molar-refractivity contribution is 9.08. The SMILES string of the molecule is Clc1ccc(-c2cccc(CBr)c2Cl)c(Cl)c1. The third kappa shape index (κ3) is 2.79. The molecule has 0 saturated carbocycles. The van der Waals surface area contributed by atoms with Crippen LogP contribution in [0.4, 0.5) is 0 Å². The third-order valence-electron chi connectivity index (χ3n) is 2.44. The van der Waals surface area contributed by atoms with Crippen LogP contribution in [-0.2, 0) is 5.33 Å². The van der Waals surface area contributed by atoms with Crippen LogP contribution in [0.3, 0.4) is 0 Å². The molecule has 0 aromatic heterocycles.